The molecular weight excluding hydrogens is 214 g/mol. The normalized spacial score (nSPS) is 16.3. The van der Waals surface area contributed by atoms with Gasteiger partial charge in [0.15, 0.2) is 0 Å². The Morgan fingerprint density at radius 3 is 2.82 bits per heavy atom. The third kappa shape index (κ3) is 2.60. The van der Waals surface area contributed by atoms with Gasteiger partial charge < -0.3 is 9.64 Å². The van der Waals surface area contributed by atoms with Gasteiger partial charge in [-0.15, -0.1) is 0 Å². The Hall–Kier alpha value is -1.52. The van der Waals surface area contributed by atoms with Gasteiger partial charge in [-0.2, -0.15) is 0 Å². The second kappa shape index (κ2) is 5.21. The summed E-state index contributed by atoms with van der Waals surface area (Å²) < 4.78 is 5.57. The van der Waals surface area contributed by atoms with Crippen LogP contribution in [0, 0.1) is 0 Å². The fourth-order valence-electron chi connectivity index (χ4n) is 1.96. The molecule has 2 rings (SSSR count). The van der Waals surface area contributed by atoms with Crippen LogP contribution in [0.4, 0.5) is 5.69 Å². The van der Waals surface area contributed by atoms with Crippen LogP contribution in [0.2, 0.25) is 0 Å². The predicted octanol–water partition coefficient (Wildman–Crippen LogP) is 1.56. The summed E-state index contributed by atoms with van der Waals surface area (Å²) in [7, 11) is 4.05. The zero-order valence-corrected chi connectivity index (χ0v) is 10.3. The number of hydrazine groups is 1. The number of hydrogen-bond donors (Lipinski definition) is 2. The number of hydrogen-bond acceptors (Lipinski definition) is 4. The molecule has 0 aliphatic carbocycles. The third-order valence-electron chi connectivity index (χ3n) is 2.90. The fraction of sp³-hybridized carbons (Fsp3) is 0.385. The van der Waals surface area contributed by atoms with E-state index in [0.29, 0.717) is 0 Å². The first-order valence-electron chi connectivity index (χ1n) is 5.78. The Kier molecular flexibility index (Phi) is 3.66. The first-order chi connectivity index (χ1) is 8.22. The summed E-state index contributed by atoms with van der Waals surface area (Å²) in [6, 6.07) is 8.22. The highest BCUT2D eigenvalue weighted by Crippen LogP contribution is 2.27. The molecule has 17 heavy (non-hydrogen) atoms. The maximum Gasteiger partial charge on any atom is 0.115 e. The van der Waals surface area contributed by atoms with Crippen LogP contribution >= 0.6 is 0 Å². The first kappa shape index (κ1) is 12.0. The van der Waals surface area contributed by atoms with Crippen molar-refractivity contribution in [1.29, 1.82) is 0 Å². The molecule has 0 saturated heterocycles. The molecule has 0 fully saturated rings. The summed E-state index contributed by atoms with van der Waals surface area (Å²) in [6.07, 6.45) is 3.05. The lowest BCUT2D eigenvalue weighted by molar-refractivity contribution is 0.215. The third-order valence-corrected chi connectivity index (χ3v) is 2.90. The highest BCUT2D eigenvalue weighted by molar-refractivity contribution is 5.48. The molecule has 92 valence electrons. The van der Waals surface area contributed by atoms with E-state index in [2.05, 4.69) is 34.6 Å². The summed E-state index contributed by atoms with van der Waals surface area (Å²) in [4.78, 5) is 2.07. The van der Waals surface area contributed by atoms with Crippen molar-refractivity contribution in [2.45, 2.75) is 12.5 Å². The molecular formula is C13H19N3O. The molecule has 0 aromatic heterocycles. The van der Waals surface area contributed by atoms with E-state index in [1.807, 2.05) is 20.2 Å². The zero-order valence-electron chi connectivity index (χ0n) is 10.3. The molecule has 1 aliphatic heterocycles. The van der Waals surface area contributed by atoms with Crippen molar-refractivity contribution in [3.8, 4) is 0 Å². The van der Waals surface area contributed by atoms with Crippen LogP contribution in [0.15, 0.2) is 36.1 Å². The molecule has 4 nitrogen and oxygen atoms in total. The van der Waals surface area contributed by atoms with Gasteiger partial charge >= 0.3 is 0 Å². The Balaban J connectivity index is 2.27. The van der Waals surface area contributed by atoms with Crippen molar-refractivity contribution < 1.29 is 4.74 Å². The van der Waals surface area contributed by atoms with Gasteiger partial charge in [0.05, 0.1) is 6.61 Å². The van der Waals surface area contributed by atoms with Crippen LogP contribution in [0.3, 0.4) is 0 Å². The van der Waals surface area contributed by atoms with E-state index >= 15 is 0 Å². The maximum absolute atomic E-state index is 5.63. The zero-order chi connectivity index (χ0) is 12.3. The Morgan fingerprint density at radius 1 is 1.41 bits per heavy atom. The molecule has 1 atom stereocenters. The van der Waals surface area contributed by atoms with Crippen molar-refractivity contribution in [1.82, 2.24) is 5.43 Å². The summed E-state index contributed by atoms with van der Waals surface area (Å²) in [6.45, 7) is 0.751. The molecule has 1 aromatic rings. The number of nitrogens with one attached hydrogen (secondary N) is 1. The van der Waals surface area contributed by atoms with Crippen LogP contribution in [0.1, 0.15) is 18.0 Å². The van der Waals surface area contributed by atoms with Gasteiger partial charge in [-0.1, -0.05) is 12.1 Å². The van der Waals surface area contributed by atoms with Gasteiger partial charge in [-0.25, -0.2) is 5.43 Å². The summed E-state index contributed by atoms with van der Waals surface area (Å²) >= 11 is 0. The number of ether oxygens (including phenoxy) is 1. The summed E-state index contributed by atoms with van der Waals surface area (Å²) in [5.74, 6) is 6.55. The number of benzene rings is 1. The van der Waals surface area contributed by atoms with Crippen LogP contribution in [-0.2, 0) is 4.74 Å². The summed E-state index contributed by atoms with van der Waals surface area (Å²) in [5, 5.41) is 0. The molecule has 3 N–H and O–H groups in total. The second-order valence-corrected chi connectivity index (χ2v) is 4.33. The van der Waals surface area contributed by atoms with Crippen molar-refractivity contribution >= 4 is 5.69 Å². The number of anilines is 1. The number of nitrogens with two attached hydrogens (primary N) is 1. The van der Waals surface area contributed by atoms with Crippen molar-refractivity contribution in [3.63, 3.8) is 0 Å². The molecule has 1 unspecified atom stereocenters. The molecule has 0 spiro atoms. The lowest BCUT2D eigenvalue weighted by atomic mass is 10.0. The second-order valence-electron chi connectivity index (χ2n) is 4.33. The fourth-order valence-corrected chi connectivity index (χ4v) is 1.96. The van der Waals surface area contributed by atoms with Crippen molar-refractivity contribution in [3.05, 3.63) is 41.7 Å². The van der Waals surface area contributed by atoms with Gasteiger partial charge in [0.1, 0.15) is 11.8 Å². The lowest BCUT2D eigenvalue weighted by Crippen LogP contribution is -2.29. The summed E-state index contributed by atoms with van der Waals surface area (Å²) in [5.41, 5.74) is 5.09. The largest absolute Gasteiger partial charge is 0.496 e. The van der Waals surface area contributed by atoms with E-state index in [0.717, 1.165) is 30.0 Å². The Labute approximate surface area is 102 Å². The van der Waals surface area contributed by atoms with Crippen LogP contribution in [-0.4, -0.2) is 20.7 Å². The molecule has 0 saturated carbocycles. The molecule has 1 heterocycles. The predicted molar refractivity (Wildman–Crippen MR) is 69.5 cm³/mol. The minimum absolute atomic E-state index is 0.0580. The first-order valence-corrected chi connectivity index (χ1v) is 5.78. The van der Waals surface area contributed by atoms with Crippen molar-refractivity contribution in [2.75, 3.05) is 25.6 Å². The van der Waals surface area contributed by atoms with E-state index in [9.17, 15) is 0 Å². The quantitative estimate of drug-likeness (QED) is 0.612. The standard InChI is InChI=1S/C13H19N3O/c1-16(2)11-6-3-5-10(9-11)13(15-14)12-7-4-8-17-12/h3,5-7,9,13,15H,4,8,14H2,1-2H3. The van der Waals surface area contributed by atoms with Gasteiger partial charge in [-0.05, 0) is 23.8 Å². The maximum atomic E-state index is 5.63. The monoisotopic (exact) mass is 233 g/mol. The SMILES string of the molecule is CN(C)c1cccc(C(NN)C2=CCCO2)c1. The average molecular weight is 233 g/mol. The highest BCUT2D eigenvalue weighted by Gasteiger charge is 2.19. The topological polar surface area (TPSA) is 50.5 Å². The molecule has 1 aromatic carbocycles. The van der Waals surface area contributed by atoms with Crippen molar-refractivity contribution in [2.24, 2.45) is 5.84 Å². The van der Waals surface area contributed by atoms with Gasteiger partial charge in [-0.3, -0.25) is 5.84 Å². The van der Waals surface area contributed by atoms with Gasteiger partial charge in [0, 0.05) is 26.2 Å². The molecule has 4 heteroatoms. The van der Waals surface area contributed by atoms with Crippen LogP contribution in [0.5, 0.6) is 0 Å². The van der Waals surface area contributed by atoms with Crippen LogP contribution < -0.4 is 16.2 Å². The number of rotatable bonds is 4. The molecule has 0 amide bonds. The lowest BCUT2D eigenvalue weighted by Gasteiger charge is -2.20. The minimum Gasteiger partial charge on any atom is -0.496 e. The van der Waals surface area contributed by atoms with E-state index in [1.165, 1.54) is 0 Å². The van der Waals surface area contributed by atoms with E-state index in [4.69, 9.17) is 10.6 Å². The average Bonchev–Trinajstić information content (AvgIpc) is 2.84. The Bertz CT molecular complexity index is 415. The van der Waals surface area contributed by atoms with Gasteiger partial charge in [0.2, 0.25) is 0 Å². The van der Waals surface area contributed by atoms with Crippen LogP contribution in [0.25, 0.3) is 0 Å². The van der Waals surface area contributed by atoms with E-state index < -0.39 is 0 Å². The molecule has 1 aliphatic rings. The Morgan fingerprint density at radius 2 is 2.24 bits per heavy atom. The molecule has 0 bridgehead atoms. The minimum atomic E-state index is -0.0580. The number of nitrogens with zero attached hydrogens (tertiary/aromatic N) is 1. The van der Waals surface area contributed by atoms with Gasteiger partial charge in [0.25, 0.3) is 0 Å². The van der Waals surface area contributed by atoms with E-state index in [1.54, 1.807) is 0 Å². The molecule has 0 radical (unpaired) electrons. The van der Waals surface area contributed by atoms with E-state index in [-0.39, 0.29) is 6.04 Å². The highest BCUT2D eigenvalue weighted by atomic mass is 16.5. The smallest absolute Gasteiger partial charge is 0.115 e.